The number of rotatable bonds is 6. The summed E-state index contributed by atoms with van der Waals surface area (Å²) in [7, 11) is 3.69. The number of nitrogens with zero attached hydrogens (tertiary/aromatic N) is 3. The topological polar surface area (TPSA) is 50.4 Å². The maximum atomic E-state index is 8.96. The lowest BCUT2D eigenvalue weighted by Crippen LogP contribution is -2.29. The fourth-order valence-corrected chi connectivity index (χ4v) is 3.38. The number of ether oxygens (including phenoxy) is 2. The van der Waals surface area contributed by atoms with Crippen LogP contribution in [0.1, 0.15) is 30.1 Å². The van der Waals surface area contributed by atoms with E-state index in [9.17, 15) is 0 Å². The summed E-state index contributed by atoms with van der Waals surface area (Å²) in [4.78, 5) is 2.48. The smallest absolute Gasteiger partial charge is 0.162 e. The molecule has 0 N–H and O–H groups in total. The standard InChI is InChI=1S/C19H23N3O2/c1-21-9-3-5-16(21)17-6-4-10-22(17)11-12-24-18-8-7-15(14-20)13-19(18)23-2/h3,5,7-9,13,17H,4,6,10-12H2,1-2H3/t17-/m1/s1. The van der Waals surface area contributed by atoms with Gasteiger partial charge in [-0.3, -0.25) is 4.90 Å². The van der Waals surface area contributed by atoms with Crippen LogP contribution in [0.3, 0.4) is 0 Å². The molecule has 2 heterocycles. The largest absolute Gasteiger partial charge is 0.493 e. The van der Waals surface area contributed by atoms with Gasteiger partial charge in [-0.15, -0.1) is 0 Å². The monoisotopic (exact) mass is 325 g/mol. The molecule has 1 aliphatic heterocycles. The second-order valence-electron chi connectivity index (χ2n) is 6.06. The molecule has 24 heavy (non-hydrogen) atoms. The Hall–Kier alpha value is -2.45. The van der Waals surface area contributed by atoms with Crippen molar-refractivity contribution in [1.29, 1.82) is 5.26 Å². The number of methoxy groups -OCH3 is 1. The molecule has 1 atom stereocenters. The van der Waals surface area contributed by atoms with Gasteiger partial charge < -0.3 is 14.0 Å². The van der Waals surface area contributed by atoms with Gasteiger partial charge in [0.25, 0.3) is 0 Å². The molecule has 1 aliphatic rings. The van der Waals surface area contributed by atoms with Crippen LogP contribution < -0.4 is 9.47 Å². The number of aryl methyl sites for hydroxylation is 1. The van der Waals surface area contributed by atoms with Crippen molar-refractivity contribution in [3.63, 3.8) is 0 Å². The lowest BCUT2D eigenvalue weighted by molar-refractivity contribution is 0.190. The molecule has 1 fully saturated rings. The number of aromatic nitrogens is 1. The lowest BCUT2D eigenvalue weighted by Gasteiger charge is -2.25. The van der Waals surface area contributed by atoms with Gasteiger partial charge in [-0.25, -0.2) is 0 Å². The molecule has 126 valence electrons. The first-order valence-electron chi connectivity index (χ1n) is 8.29. The Kier molecular flexibility index (Phi) is 5.07. The number of hydrogen-bond acceptors (Lipinski definition) is 4. The predicted molar refractivity (Wildman–Crippen MR) is 92.2 cm³/mol. The van der Waals surface area contributed by atoms with Gasteiger partial charge in [0.05, 0.1) is 24.8 Å². The molecule has 0 unspecified atom stereocenters. The molecule has 1 saturated heterocycles. The van der Waals surface area contributed by atoms with Crippen molar-refractivity contribution in [1.82, 2.24) is 9.47 Å². The van der Waals surface area contributed by atoms with E-state index in [1.54, 1.807) is 25.3 Å². The van der Waals surface area contributed by atoms with E-state index in [0.717, 1.165) is 13.1 Å². The summed E-state index contributed by atoms with van der Waals surface area (Å²) in [5.41, 5.74) is 1.94. The quantitative estimate of drug-likeness (QED) is 0.819. The Morgan fingerprint density at radius 2 is 2.17 bits per heavy atom. The zero-order chi connectivity index (χ0) is 16.9. The van der Waals surface area contributed by atoms with Gasteiger partial charge in [0.2, 0.25) is 0 Å². The fraction of sp³-hybridized carbons (Fsp3) is 0.421. The average molecular weight is 325 g/mol. The van der Waals surface area contributed by atoms with Crippen LogP contribution in [0.25, 0.3) is 0 Å². The predicted octanol–water partition coefficient (Wildman–Crippen LogP) is 3.12. The minimum Gasteiger partial charge on any atom is -0.493 e. The van der Waals surface area contributed by atoms with Crippen LogP contribution >= 0.6 is 0 Å². The lowest BCUT2D eigenvalue weighted by atomic mass is 10.1. The van der Waals surface area contributed by atoms with Crippen molar-refractivity contribution < 1.29 is 9.47 Å². The molecule has 3 rings (SSSR count). The number of hydrogen-bond donors (Lipinski definition) is 0. The average Bonchev–Trinajstić information content (AvgIpc) is 3.23. The van der Waals surface area contributed by atoms with Gasteiger partial charge in [-0.2, -0.15) is 5.26 Å². The molecule has 0 saturated carbocycles. The highest BCUT2D eigenvalue weighted by atomic mass is 16.5. The van der Waals surface area contributed by atoms with Crippen molar-refractivity contribution in [2.24, 2.45) is 7.05 Å². The minimum absolute atomic E-state index is 0.469. The molecular formula is C19H23N3O2. The van der Waals surface area contributed by atoms with Gasteiger partial charge in [0, 0.05) is 31.5 Å². The Bertz CT molecular complexity index is 732. The molecule has 0 bridgehead atoms. The Morgan fingerprint density at radius 3 is 2.88 bits per heavy atom. The summed E-state index contributed by atoms with van der Waals surface area (Å²) in [6.07, 6.45) is 4.51. The van der Waals surface area contributed by atoms with Crippen molar-refractivity contribution in [3.8, 4) is 17.6 Å². The molecule has 0 spiro atoms. The van der Waals surface area contributed by atoms with Crippen LogP contribution in [0.5, 0.6) is 11.5 Å². The van der Waals surface area contributed by atoms with Gasteiger partial charge in [-0.05, 0) is 43.7 Å². The first-order chi connectivity index (χ1) is 11.7. The van der Waals surface area contributed by atoms with Crippen LogP contribution in [0.2, 0.25) is 0 Å². The van der Waals surface area contributed by atoms with Crippen molar-refractivity contribution in [2.45, 2.75) is 18.9 Å². The summed E-state index contributed by atoms with van der Waals surface area (Å²) in [6, 6.07) is 12.1. The van der Waals surface area contributed by atoms with Crippen molar-refractivity contribution >= 4 is 0 Å². The van der Waals surface area contributed by atoms with Crippen molar-refractivity contribution in [2.75, 3.05) is 26.8 Å². The van der Waals surface area contributed by atoms with E-state index in [2.05, 4.69) is 40.9 Å². The van der Waals surface area contributed by atoms with E-state index >= 15 is 0 Å². The third-order valence-corrected chi connectivity index (χ3v) is 4.62. The third kappa shape index (κ3) is 3.39. The summed E-state index contributed by atoms with van der Waals surface area (Å²) in [5, 5.41) is 8.96. The molecule has 0 aliphatic carbocycles. The van der Waals surface area contributed by atoms with E-state index < -0.39 is 0 Å². The molecule has 1 aromatic heterocycles. The van der Waals surface area contributed by atoms with Gasteiger partial charge in [0.1, 0.15) is 6.61 Å². The maximum absolute atomic E-state index is 8.96. The van der Waals surface area contributed by atoms with Gasteiger partial charge in [-0.1, -0.05) is 0 Å². The number of nitriles is 1. The summed E-state index contributed by atoms with van der Waals surface area (Å²) < 4.78 is 13.4. The highest BCUT2D eigenvalue weighted by molar-refractivity contribution is 5.46. The Morgan fingerprint density at radius 1 is 1.29 bits per heavy atom. The van der Waals surface area contributed by atoms with Crippen LogP contribution in [0.15, 0.2) is 36.5 Å². The normalized spacial score (nSPS) is 17.6. The SMILES string of the molecule is COc1cc(C#N)ccc1OCCN1CCC[C@@H]1c1cccn1C. The molecule has 5 nitrogen and oxygen atoms in total. The first kappa shape index (κ1) is 16.4. The van der Waals surface area contributed by atoms with Crippen LogP contribution in [0.4, 0.5) is 0 Å². The van der Waals surface area contributed by atoms with E-state index in [0.29, 0.717) is 29.7 Å². The fourth-order valence-electron chi connectivity index (χ4n) is 3.38. The molecule has 5 heteroatoms. The van der Waals surface area contributed by atoms with E-state index in [1.807, 2.05) is 0 Å². The highest BCUT2D eigenvalue weighted by Crippen LogP contribution is 2.32. The third-order valence-electron chi connectivity index (χ3n) is 4.62. The Balaban J connectivity index is 1.60. The van der Waals surface area contributed by atoms with E-state index in [4.69, 9.17) is 14.7 Å². The van der Waals surface area contributed by atoms with E-state index in [1.165, 1.54) is 18.5 Å². The zero-order valence-corrected chi connectivity index (χ0v) is 14.2. The van der Waals surface area contributed by atoms with Crippen molar-refractivity contribution in [3.05, 3.63) is 47.8 Å². The minimum atomic E-state index is 0.469. The highest BCUT2D eigenvalue weighted by Gasteiger charge is 2.27. The molecule has 0 radical (unpaired) electrons. The molecular weight excluding hydrogens is 302 g/mol. The van der Waals surface area contributed by atoms with Gasteiger partial charge in [0.15, 0.2) is 11.5 Å². The summed E-state index contributed by atoms with van der Waals surface area (Å²) in [5.74, 6) is 1.29. The second kappa shape index (κ2) is 7.41. The summed E-state index contributed by atoms with van der Waals surface area (Å²) >= 11 is 0. The molecule has 2 aromatic rings. The van der Waals surface area contributed by atoms with E-state index in [-0.39, 0.29) is 0 Å². The number of benzene rings is 1. The molecule has 0 amide bonds. The molecule has 1 aromatic carbocycles. The van der Waals surface area contributed by atoms with Crippen LogP contribution in [-0.2, 0) is 7.05 Å². The second-order valence-corrected chi connectivity index (χ2v) is 6.06. The van der Waals surface area contributed by atoms with Crippen LogP contribution in [-0.4, -0.2) is 36.3 Å². The summed E-state index contributed by atoms with van der Waals surface area (Å²) in [6.45, 7) is 2.58. The first-order valence-corrected chi connectivity index (χ1v) is 8.29. The van der Waals surface area contributed by atoms with Gasteiger partial charge >= 0.3 is 0 Å². The Labute approximate surface area is 143 Å². The maximum Gasteiger partial charge on any atom is 0.162 e. The zero-order valence-electron chi connectivity index (χ0n) is 14.2. The van der Waals surface area contributed by atoms with Crippen LogP contribution in [0, 0.1) is 11.3 Å². The number of likely N-dealkylation sites (tertiary alicyclic amines) is 1.